The Hall–Kier alpha value is -1.31. The first kappa shape index (κ1) is 22.7. The van der Waals surface area contributed by atoms with Gasteiger partial charge in [-0.25, -0.2) is 4.99 Å². The molecule has 0 radical (unpaired) electrons. The number of aliphatic imine (C=N–C) groups is 1. The highest BCUT2D eigenvalue weighted by atomic mass is 127. The average molecular weight is 472 g/mol. The van der Waals surface area contributed by atoms with E-state index in [4.69, 9.17) is 0 Å². The number of carbonyl (C=O) groups is 1. The van der Waals surface area contributed by atoms with Crippen LogP contribution in [0.15, 0.2) is 35.3 Å². The second-order valence-corrected chi connectivity index (χ2v) is 6.75. The topological polar surface area (TPSA) is 56.7 Å². The molecule has 2 rings (SSSR count). The van der Waals surface area contributed by atoms with Gasteiger partial charge in [0.1, 0.15) is 6.54 Å². The Bertz CT molecular complexity index is 564. The summed E-state index contributed by atoms with van der Waals surface area (Å²) in [5.74, 6) is 1.99. The first-order valence-corrected chi connectivity index (χ1v) is 9.50. The SMILES string of the molecule is CCCNC(=O)CN=C(NCC)N1CCC(c2ccccc2)C(C)C1.I. The summed E-state index contributed by atoms with van der Waals surface area (Å²) in [6.07, 6.45) is 2.05. The summed E-state index contributed by atoms with van der Waals surface area (Å²) in [4.78, 5) is 18.7. The minimum atomic E-state index is -0.00975. The lowest BCUT2D eigenvalue weighted by Gasteiger charge is -2.39. The van der Waals surface area contributed by atoms with Gasteiger partial charge >= 0.3 is 0 Å². The summed E-state index contributed by atoms with van der Waals surface area (Å²) in [5, 5.41) is 6.21. The van der Waals surface area contributed by atoms with Gasteiger partial charge in [-0.15, -0.1) is 24.0 Å². The third kappa shape index (κ3) is 6.78. The summed E-state index contributed by atoms with van der Waals surface area (Å²) >= 11 is 0. The molecule has 0 spiro atoms. The van der Waals surface area contributed by atoms with Gasteiger partial charge in [-0.2, -0.15) is 0 Å². The Kier molecular flexibility index (Phi) is 10.6. The Morgan fingerprint density at radius 2 is 1.96 bits per heavy atom. The van der Waals surface area contributed by atoms with E-state index < -0.39 is 0 Å². The predicted octanol–water partition coefficient (Wildman–Crippen LogP) is 3.22. The molecule has 0 aromatic heterocycles. The monoisotopic (exact) mass is 472 g/mol. The van der Waals surface area contributed by atoms with E-state index in [1.807, 2.05) is 6.92 Å². The molecule has 6 heteroatoms. The van der Waals surface area contributed by atoms with Crippen LogP contribution in [0.4, 0.5) is 0 Å². The van der Waals surface area contributed by atoms with Crippen molar-refractivity contribution in [2.75, 3.05) is 32.7 Å². The summed E-state index contributed by atoms with van der Waals surface area (Å²) in [5.41, 5.74) is 1.43. The maximum atomic E-state index is 11.8. The molecule has 1 aromatic carbocycles. The quantitative estimate of drug-likeness (QED) is 0.380. The van der Waals surface area contributed by atoms with Crippen molar-refractivity contribution in [1.29, 1.82) is 0 Å². The molecule has 1 amide bonds. The predicted molar refractivity (Wildman–Crippen MR) is 119 cm³/mol. The van der Waals surface area contributed by atoms with Crippen LogP contribution in [0.3, 0.4) is 0 Å². The molecule has 146 valence electrons. The number of hydrogen-bond donors (Lipinski definition) is 2. The molecule has 1 aliphatic heterocycles. The fraction of sp³-hybridized carbons (Fsp3) is 0.600. The second-order valence-electron chi connectivity index (χ2n) is 6.75. The number of hydrogen-bond acceptors (Lipinski definition) is 2. The fourth-order valence-corrected chi connectivity index (χ4v) is 3.43. The maximum absolute atomic E-state index is 11.8. The molecule has 1 fully saturated rings. The standard InChI is InChI=1S/C20H32N4O.HI/c1-4-12-22-19(25)14-23-20(21-5-2)24-13-11-18(16(3)15-24)17-9-7-6-8-10-17;/h6-10,16,18H,4-5,11-15H2,1-3H3,(H,21,23)(H,22,25);1H. The van der Waals surface area contributed by atoms with Crippen molar-refractivity contribution in [1.82, 2.24) is 15.5 Å². The van der Waals surface area contributed by atoms with Crippen LogP contribution in [-0.4, -0.2) is 49.5 Å². The Morgan fingerprint density at radius 1 is 1.23 bits per heavy atom. The normalized spacial score (nSPS) is 20.3. The van der Waals surface area contributed by atoms with Crippen molar-refractivity contribution < 1.29 is 4.79 Å². The van der Waals surface area contributed by atoms with Gasteiger partial charge in [0, 0.05) is 26.2 Å². The fourth-order valence-electron chi connectivity index (χ4n) is 3.43. The number of benzene rings is 1. The zero-order chi connectivity index (χ0) is 18.1. The first-order chi connectivity index (χ1) is 12.2. The van der Waals surface area contributed by atoms with E-state index in [-0.39, 0.29) is 36.4 Å². The molecular formula is C20H33IN4O. The van der Waals surface area contributed by atoms with Crippen molar-refractivity contribution in [2.24, 2.45) is 10.9 Å². The van der Waals surface area contributed by atoms with Gasteiger partial charge in [-0.05, 0) is 37.2 Å². The molecule has 1 aliphatic rings. The smallest absolute Gasteiger partial charge is 0.241 e. The van der Waals surface area contributed by atoms with E-state index in [0.29, 0.717) is 18.4 Å². The van der Waals surface area contributed by atoms with Gasteiger partial charge in [-0.1, -0.05) is 44.2 Å². The summed E-state index contributed by atoms with van der Waals surface area (Å²) in [7, 11) is 0. The van der Waals surface area contributed by atoms with Crippen LogP contribution in [0.2, 0.25) is 0 Å². The van der Waals surface area contributed by atoms with Gasteiger partial charge in [0.25, 0.3) is 0 Å². The zero-order valence-corrected chi connectivity index (χ0v) is 18.5. The molecule has 1 saturated heterocycles. The van der Waals surface area contributed by atoms with E-state index in [9.17, 15) is 4.79 Å². The highest BCUT2D eigenvalue weighted by molar-refractivity contribution is 14.0. The van der Waals surface area contributed by atoms with Gasteiger partial charge in [0.05, 0.1) is 0 Å². The maximum Gasteiger partial charge on any atom is 0.241 e. The minimum absolute atomic E-state index is 0. The number of piperidine rings is 1. The van der Waals surface area contributed by atoms with E-state index in [2.05, 4.69) is 64.7 Å². The van der Waals surface area contributed by atoms with Crippen molar-refractivity contribution >= 4 is 35.8 Å². The van der Waals surface area contributed by atoms with Gasteiger partial charge in [0.2, 0.25) is 5.91 Å². The van der Waals surface area contributed by atoms with E-state index in [1.165, 1.54) is 5.56 Å². The van der Waals surface area contributed by atoms with E-state index in [0.717, 1.165) is 38.4 Å². The van der Waals surface area contributed by atoms with Crippen molar-refractivity contribution in [3.63, 3.8) is 0 Å². The van der Waals surface area contributed by atoms with Crippen LogP contribution >= 0.6 is 24.0 Å². The zero-order valence-electron chi connectivity index (χ0n) is 16.2. The van der Waals surface area contributed by atoms with Gasteiger partial charge in [-0.3, -0.25) is 4.79 Å². The number of amides is 1. The molecule has 0 aliphatic carbocycles. The number of likely N-dealkylation sites (tertiary alicyclic amines) is 1. The molecule has 0 bridgehead atoms. The van der Waals surface area contributed by atoms with Crippen LogP contribution < -0.4 is 10.6 Å². The summed E-state index contributed by atoms with van der Waals surface area (Å²) in [6, 6.07) is 10.8. The molecule has 0 saturated carbocycles. The number of nitrogens with one attached hydrogen (secondary N) is 2. The highest BCUT2D eigenvalue weighted by Crippen LogP contribution is 2.32. The first-order valence-electron chi connectivity index (χ1n) is 9.50. The summed E-state index contributed by atoms with van der Waals surface area (Å²) in [6.45, 7) is 10.1. The number of guanidine groups is 1. The molecule has 1 heterocycles. The number of rotatable bonds is 6. The third-order valence-corrected chi connectivity index (χ3v) is 4.71. The van der Waals surface area contributed by atoms with Crippen molar-refractivity contribution in [3.05, 3.63) is 35.9 Å². The lowest BCUT2D eigenvalue weighted by Crippen LogP contribution is -2.48. The highest BCUT2D eigenvalue weighted by Gasteiger charge is 2.28. The van der Waals surface area contributed by atoms with E-state index >= 15 is 0 Å². The Balaban J connectivity index is 0.00000338. The second kappa shape index (κ2) is 12.1. The van der Waals surface area contributed by atoms with Crippen molar-refractivity contribution in [3.8, 4) is 0 Å². The number of nitrogens with zero attached hydrogens (tertiary/aromatic N) is 2. The molecule has 2 unspecified atom stereocenters. The lowest BCUT2D eigenvalue weighted by molar-refractivity contribution is -0.119. The average Bonchev–Trinajstić information content (AvgIpc) is 2.64. The molecular weight excluding hydrogens is 439 g/mol. The minimum Gasteiger partial charge on any atom is -0.357 e. The third-order valence-electron chi connectivity index (χ3n) is 4.71. The molecule has 2 N–H and O–H groups in total. The Morgan fingerprint density at radius 3 is 2.58 bits per heavy atom. The van der Waals surface area contributed by atoms with Crippen molar-refractivity contribution in [2.45, 2.75) is 39.5 Å². The number of carbonyl (C=O) groups excluding carboxylic acids is 1. The number of halogens is 1. The van der Waals surface area contributed by atoms with E-state index in [1.54, 1.807) is 0 Å². The van der Waals surface area contributed by atoms with Crippen LogP contribution in [0.5, 0.6) is 0 Å². The summed E-state index contributed by atoms with van der Waals surface area (Å²) < 4.78 is 0. The van der Waals surface area contributed by atoms with Gasteiger partial charge in [0.15, 0.2) is 5.96 Å². The van der Waals surface area contributed by atoms with Gasteiger partial charge < -0.3 is 15.5 Å². The lowest BCUT2D eigenvalue weighted by atomic mass is 9.82. The molecule has 1 aromatic rings. The molecule has 26 heavy (non-hydrogen) atoms. The van der Waals surface area contributed by atoms with Crippen LogP contribution in [0.1, 0.15) is 45.1 Å². The van der Waals surface area contributed by atoms with Crippen LogP contribution in [-0.2, 0) is 4.79 Å². The largest absolute Gasteiger partial charge is 0.357 e. The van der Waals surface area contributed by atoms with Crippen LogP contribution in [0, 0.1) is 5.92 Å². The molecule has 5 nitrogen and oxygen atoms in total. The Labute approximate surface area is 175 Å². The molecule has 2 atom stereocenters. The van der Waals surface area contributed by atoms with Crippen LogP contribution in [0.25, 0.3) is 0 Å².